The van der Waals surface area contributed by atoms with Gasteiger partial charge in [0.25, 0.3) is 0 Å². The van der Waals surface area contributed by atoms with Crippen LogP contribution in [0.4, 0.5) is 10.1 Å². The van der Waals surface area contributed by atoms with E-state index in [-0.39, 0.29) is 12.5 Å². The first-order valence-corrected chi connectivity index (χ1v) is 13.3. The first-order valence-electron chi connectivity index (χ1n) is 11.0. The Morgan fingerprint density at radius 2 is 1.76 bits per heavy atom. The summed E-state index contributed by atoms with van der Waals surface area (Å²) in [5.74, 6) is -1.30. The monoisotopic (exact) mass is 511 g/mol. The Hall–Kier alpha value is -2.65. The summed E-state index contributed by atoms with van der Waals surface area (Å²) in [5, 5.41) is 3.25. The number of rotatable bonds is 11. The second-order valence-electron chi connectivity index (χ2n) is 8.06. The van der Waals surface area contributed by atoms with Gasteiger partial charge in [0.2, 0.25) is 21.8 Å². The molecule has 2 amide bonds. The molecule has 2 aromatic rings. The SMILES string of the molecule is CCCNC(=O)[C@H](CC)N(Cc1ccc(F)cc1)C(=O)CN(c1ccc(Cl)cc1C)S(C)(=O)=O. The van der Waals surface area contributed by atoms with Crippen molar-refractivity contribution < 1.29 is 22.4 Å². The second kappa shape index (κ2) is 12.2. The maximum absolute atomic E-state index is 13.5. The lowest BCUT2D eigenvalue weighted by Gasteiger charge is -2.33. The lowest BCUT2D eigenvalue weighted by Crippen LogP contribution is -2.52. The van der Waals surface area contributed by atoms with Gasteiger partial charge in [0.1, 0.15) is 18.4 Å². The Morgan fingerprint density at radius 1 is 1.12 bits per heavy atom. The first-order chi connectivity index (χ1) is 16.0. The van der Waals surface area contributed by atoms with Gasteiger partial charge >= 0.3 is 0 Å². The fourth-order valence-corrected chi connectivity index (χ4v) is 4.70. The zero-order chi connectivity index (χ0) is 25.5. The molecule has 0 aliphatic carbocycles. The van der Waals surface area contributed by atoms with Crippen molar-refractivity contribution in [3.8, 4) is 0 Å². The second-order valence-corrected chi connectivity index (χ2v) is 10.4. The molecule has 7 nitrogen and oxygen atoms in total. The summed E-state index contributed by atoms with van der Waals surface area (Å²) in [6.45, 7) is 5.37. The van der Waals surface area contributed by atoms with E-state index in [0.29, 0.717) is 34.8 Å². The van der Waals surface area contributed by atoms with Gasteiger partial charge in [0.05, 0.1) is 11.9 Å². The molecule has 0 aliphatic rings. The number of nitrogens with one attached hydrogen (secondary N) is 1. The molecule has 0 unspecified atom stereocenters. The highest BCUT2D eigenvalue weighted by Crippen LogP contribution is 2.26. The smallest absolute Gasteiger partial charge is 0.244 e. The Morgan fingerprint density at radius 3 is 2.29 bits per heavy atom. The van der Waals surface area contributed by atoms with Crippen molar-refractivity contribution in [3.63, 3.8) is 0 Å². The third-order valence-corrected chi connectivity index (χ3v) is 6.67. The summed E-state index contributed by atoms with van der Waals surface area (Å²) in [5.41, 5.74) is 1.53. The van der Waals surface area contributed by atoms with Gasteiger partial charge in [-0.25, -0.2) is 12.8 Å². The number of benzene rings is 2. The van der Waals surface area contributed by atoms with Crippen molar-refractivity contribution in [3.05, 3.63) is 64.4 Å². The lowest BCUT2D eigenvalue weighted by atomic mass is 10.1. The van der Waals surface area contributed by atoms with Crippen LogP contribution >= 0.6 is 11.6 Å². The zero-order valence-electron chi connectivity index (χ0n) is 19.8. The molecule has 2 aromatic carbocycles. The van der Waals surface area contributed by atoms with Crippen molar-refractivity contribution in [2.45, 2.75) is 46.2 Å². The van der Waals surface area contributed by atoms with Gasteiger partial charge in [-0.1, -0.05) is 37.6 Å². The molecule has 0 radical (unpaired) electrons. The van der Waals surface area contributed by atoms with Crippen molar-refractivity contribution in [1.82, 2.24) is 10.2 Å². The van der Waals surface area contributed by atoms with E-state index in [1.165, 1.54) is 29.2 Å². The van der Waals surface area contributed by atoms with Gasteiger partial charge in [-0.05, 0) is 61.2 Å². The van der Waals surface area contributed by atoms with Crippen LogP contribution in [0.15, 0.2) is 42.5 Å². The quantitative estimate of drug-likeness (QED) is 0.496. The van der Waals surface area contributed by atoms with Gasteiger partial charge in [0.15, 0.2) is 0 Å². The van der Waals surface area contributed by atoms with Crippen LogP contribution < -0.4 is 9.62 Å². The van der Waals surface area contributed by atoms with Crippen molar-refractivity contribution in [1.29, 1.82) is 0 Å². The van der Waals surface area contributed by atoms with E-state index in [1.807, 2.05) is 6.92 Å². The normalized spacial score (nSPS) is 12.2. The molecule has 34 heavy (non-hydrogen) atoms. The Kier molecular flexibility index (Phi) is 9.88. The van der Waals surface area contributed by atoms with E-state index in [2.05, 4.69) is 5.32 Å². The minimum absolute atomic E-state index is 0.0222. The summed E-state index contributed by atoms with van der Waals surface area (Å²) < 4.78 is 39.7. The fraction of sp³-hybridized carbons (Fsp3) is 0.417. The van der Waals surface area contributed by atoms with Gasteiger partial charge in [0, 0.05) is 18.1 Å². The fourth-order valence-electron chi connectivity index (χ4n) is 3.57. The number of hydrogen-bond acceptors (Lipinski definition) is 4. The molecule has 0 saturated carbocycles. The lowest BCUT2D eigenvalue weighted by molar-refractivity contribution is -0.140. The number of aryl methyl sites for hydroxylation is 1. The topological polar surface area (TPSA) is 86.8 Å². The molecule has 0 heterocycles. The highest BCUT2D eigenvalue weighted by molar-refractivity contribution is 7.92. The summed E-state index contributed by atoms with van der Waals surface area (Å²) in [6, 6.07) is 9.50. The van der Waals surface area contributed by atoms with E-state index >= 15 is 0 Å². The average Bonchev–Trinajstić information content (AvgIpc) is 2.76. The molecule has 0 saturated heterocycles. The maximum atomic E-state index is 13.5. The number of amides is 2. The molecule has 0 bridgehead atoms. The summed E-state index contributed by atoms with van der Waals surface area (Å²) in [4.78, 5) is 27.7. The van der Waals surface area contributed by atoms with Gasteiger partial charge < -0.3 is 10.2 Å². The van der Waals surface area contributed by atoms with E-state index < -0.39 is 34.3 Å². The number of anilines is 1. The van der Waals surface area contributed by atoms with E-state index in [9.17, 15) is 22.4 Å². The molecular formula is C24H31ClFN3O4S. The number of sulfonamides is 1. The first kappa shape index (κ1) is 27.6. The van der Waals surface area contributed by atoms with Crippen LogP contribution in [0.3, 0.4) is 0 Å². The van der Waals surface area contributed by atoms with Crippen LogP contribution in [0.5, 0.6) is 0 Å². The minimum atomic E-state index is -3.83. The predicted molar refractivity (Wildman–Crippen MR) is 133 cm³/mol. The molecule has 2 rings (SSSR count). The van der Waals surface area contributed by atoms with Crippen molar-refractivity contribution >= 4 is 39.1 Å². The highest BCUT2D eigenvalue weighted by atomic mass is 35.5. The highest BCUT2D eigenvalue weighted by Gasteiger charge is 2.32. The summed E-state index contributed by atoms with van der Waals surface area (Å²) >= 11 is 6.02. The molecule has 0 aromatic heterocycles. The van der Waals surface area contributed by atoms with Crippen molar-refractivity contribution in [2.24, 2.45) is 0 Å². The largest absolute Gasteiger partial charge is 0.354 e. The van der Waals surface area contributed by atoms with Crippen LogP contribution in [-0.4, -0.2) is 50.5 Å². The van der Waals surface area contributed by atoms with Crippen LogP contribution in [0.25, 0.3) is 0 Å². The predicted octanol–water partition coefficient (Wildman–Crippen LogP) is 3.89. The number of halogens is 2. The summed E-state index contributed by atoms with van der Waals surface area (Å²) in [7, 11) is -3.83. The number of carbonyl (C=O) groups is 2. The van der Waals surface area contributed by atoms with E-state index in [4.69, 9.17) is 11.6 Å². The summed E-state index contributed by atoms with van der Waals surface area (Å²) in [6.07, 6.45) is 2.07. The number of carbonyl (C=O) groups excluding carboxylic acids is 2. The van der Waals surface area contributed by atoms with Crippen molar-refractivity contribution in [2.75, 3.05) is 23.7 Å². The minimum Gasteiger partial charge on any atom is -0.354 e. The molecule has 1 N–H and O–H groups in total. The third kappa shape index (κ3) is 7.43. The van der Waals surface area contributed by atoms with Gasteiger partial charge in [-0.3, -0.25) is 13.9 Å². The molecule has 186 valence electrons. The van der Waals surface area contributed by atoms with E-state index in [0.717, 1.165) is 17.0 Å². The van der Waals surface area contributed by atoms with Crippen LogP contribution in [-0.2, 0) is 26.2 Å². The maximum Gasteiger partial charge on any atom is 0.244 e. The third-order valence-electron chi connectivity index (χ3n) is 5.31. The number of hydrogen-bond donors (Lipinski definition) is 1. The molecule has 10 heteroatoms. The Bertz CT molecular complexity index is 1110. The molecular weight excluding hydrogens is 481 g/mol. The van der Waals surface area contributed by atoms with Crippen LogP contribution in [0, 0.1) is 12.7 Å². The molecule has 0 spiro atoms. The number of nitrogens with zero attached hydrogens (tertiary/aromatic N) is 2. The van der Waals surface area contributed by atoms with Gasteiger partial charge in [-0.15, -0.1) is 0 Å². The molecule has 1 atom stereocenters. The molecule has 0 aliphatic heterocycles. The molecule has 0 fully saturated rings. The van der Waals surface area contributed by atoms with Gasteiger partial charge in [-0.2, -0.15) is 0 Å². The standard InChI is InChI=1S/C24H31ClFN3O4S/c1-5-13-27-24(31)21(6-2)28(15-18-7-10-20(26)11-8-18)23(30)16-29(34(4,32)33)22-12-9-19(25)14-17(22)3/h7-12,14,21H,5-6,13,15-16H2,1-4H3,(H,27,31)/t21-/m0/s1. The zero-order valence-corrected chi connectivity index (χ0v) is 21.4. The average molecular weight is 512 g/mol. The van der Waals surface area contributed by atoms with Crippen LogP contribution in [0.1, 0.15) is 37.8 Å². The Labute approximate surface area is 205 Å². The Balaban J connectivity index is 2.44. The van der Waals surface area contributed by atoms with Crippen LogP contribution in [0.2, 0.25) is 5.02 Å². The van der Waals surface area contributed by atoms with E-state index in [1.54, 1.807) is 32.0 Å².